The van der Waals surface area contributed by atoms with Gasteiger partial charge in [-0.15, -0.1) is 0 Å². The second kappa shape index (κ2) is 16.6. The van der Waals surface area contributed by atoms with E-state index in [1.54, 1.807) is 50.2 Å². The zero-order chi connectivity index (χ0) is 34.1. The number of nitrogens with zero attached hydrogens (tertiary/aromatic N) is 1. The summed E-state index contributed by atoms with van der Waals surface area (Å²) < 4.78 is 28.6. The highest BCUT2D eigenvalue weighted by Crippen LogP contribution is 2.36. The van der Waals surface area contributed by atoms with Crippen LogP contribution >= 0.6 is 45.8 Å². The number of hydrazone groups is 1. The third kappa shape index (κ3) is 9.20. The maximum Gasteiger partial charge on any atom is 0.338 e. The topological polar surface area (TPSA) is 146 Å². The molecule has 0 bridgehead atoms. The van der Waals surface area contributed by atoms with Crippen LogP contribution in [0, 0.1) is 3.57 Å². The van der Waals surface area contributed by atoms with Crippen molar-refractivity contribution in [2.24, 2.45) is 5.10 Å². The minimum absolute atomic E-state index is 0.176. The van der Waals surface area contributed by atoms with E-state index in [0.717, 1.165) is 9.13 Å². The van der Waals surface area contributed by atoms with Crippen LogP contribution in [0.25, 0.3) is 0 Å². The van der Waals surface area contributed by atoms with Gasteiger partial charge in [-0.25, -0.2) is 15.0 Å². The number of benzene rings is 3. The smallest absolute Gasteiger partial charge is 0.338 e. The highest BCUT2D eigenvalue weighted by atomic mass is 127. The van der Waals surface area contributed by atoms with Crippen molar-refractivity contribution in [3.63, 3.8) is 0 Å². The summed E-state index contributed by atoms with van der Waals surface area (Å²) in [6, 6.07) is 12.4. The zero-order valence-corrected chi connectivity index (χ0v) is 29.4. The van der Waals surface area contributed by atoms with Crippen molar-refractivity contribution < 1.29 is 38.1 Å². The molecule has 4 rings (SSSR count). The lowest BCUT2D eigenvalue weighted by Crippen LogP contribution is -2.45. The van der Waals surface area contributed by atoms with Gasteiger partial charge in [-0.2, -0.15) is 5.10 Å². The van der Waals surface area contributed by atoms with E-state index in [9.17, 15) is 14.4 Å². The number of carbonyl (C=O) groups excluding carboxylic acids is 3. The van der Waals surface area contributed by atoms with E-state index in [2.05, 4.69) is 43.8 Å². The van der Waals surface area contributed by atoms with Crippen molar-refractivity contribution in [1.82, 2.24) is 16.1 Å². The first-order chi connectivity index (χ1) is 22.5. The van der Waals surface area contributed by atoms with Crippen molar-refractivity contribution in [3.05, 3.63) is 90.1 Å². The lowest BCUT2D eigenvalue weighted by atomic mass is 9.95. The summed E-state index contributed by atoms with van der Waals surface area (Å²) in [7, 11) is 2.96. The number of carbonyl (C=O) groups is 3. The Hall–Kier alpha value is -4.21. The summed E-state index contributed by atoms with van der Waals surface area (Å²) in [5, 5.41) is 10.2. The molecule has 248 valence electrons. The molecule has 1 heterocycles. The zero-order valence-electron chi connectivity index (χ0n) is 25.7. The van der Waals surface area contributed by atoms with Gasteiger partial charge in [-0.1, -0.05) is 35.3 Å². The Bertz CT molecular complexity index is 1730. The van der Waals surface area contributed by atoms with E-state index in [4.69, 9.17) is 46.9 Å². The maximum absolute atomic E-state index is 12.6. The van der Waals surface area contributed by atoms with Gasteiger partial charge in [0, 0.05) is 5.70 Å². The molecule has 0 radical (unpaired) electrons. The van der Waals surface area contributed by atoms with E-state index >= 15 is 0 Å². The average Bonchev–Trinajstić information content (AvgIpc) is 3.04. The van der Waals surface area contributed by atoms with Crippen LogP contribution in [0.15, 0.2) is 64.9 Å². The van der Waals surface area contributed by atoms with Gasteiger partial charge in [0.1, 0.15) is 6.61 Å². The summed E-state index contributed by atoms with van der Waals surface area (Å²) in [6.45, 7) is 3.37. The molecule has 0 fully saturated rings. The Morgan fingerprint density at radius 2 is 1.77 bits per heavy atom. The second-order valence-electron chi connectivity index (χ2n) is 9.85. The van der Waals surface area contributed by atoms with E-state index in [0.29, 0.717) is 38.4 Å². The molecular formula is C32H31Cl2IN4O8. The van der Waals surface area contributed by atoms with E-state index < -0.39 is 23.9 Å². The van der Waals surface area contributed by atoms with Crippen LogP contribution in [0.3, 0.4) is 0 Å². The van der Waals surface area contributed by atoms with Crippen molar-refractivity contribution in [1.29, 1.82) is 0 Å². The molecule has 0 aromatic heterocycles. The van der Waals surface area contributed by atoms with Crippen molar-refractivity contribution in [2.45, 2.75) is 26.5 Å². The predicted molar refractivity (Wildman–Crippen MR) is 184 cm³/mol. The first-order valence-corrected chi connectivity index (χ1v) is 15.9. The number of rotatable bonds is 13. The molecule has 0 saturated heterocycles. The standard InChI is InChI=1S/C32H31Cl2IN4O8/c1-5-45-31(41)28-17(2)37-32(42)38-29(28)20-7-9-24(25(13-20)43-3)46-16-27(40)39-36-14-19-11-23(35)30(26(12-19)44-4)47-15-18-6-8-21(33)22(34)10-18/h6-14,29H,5,15-16H2,1-4H3,(H,39,40)(H2,37,38,42)/b36-14-/t29-/m0/s1. The molecule has 3 N–H and O–H groups in total. The quantitative estimate of drug-likeness (QED) is 0.0838. The minimum Gasteiger partial charge on any atom is -0.493 e. The number of ether oxygens (including phenoxy) is 5. The summed E-state index contributed by atoms with van der Waals surface area (Å²) in [6.07, 6.45) is 1.46. The normalized spacial score (nSPS) is 14.3. The van der Waals surface area contributed by atoms with Crippen LogP contribution in [0.5, 0.6) is 23.0 Å². The number of hydrogen-bond acceptors (Lipinski definition) is 9. The Morgan fingerprint density at radius 1 is 1.00 bits per heavy atom. The van der Waals surface area contributed by atoms with Crippen LogP contribution < -0.4 is 35.0 Å². The number of hydrogen-bond donors (Lipinski definition) is 3. The number of urea groups is 1. The van der Waals surface area contributed by atoms with Crippen LogP contribution in [-0.2, 0) is 20.9 Å². The van der Waals surface area contributed by atoms with Gasteiger partial charge in [0.05, 0.1) is 52.3 Å². The number of amides is 3. The predicted octanol–water partition coefficient (Wildman–Crippen LogP) is 5.91. The van der Waals surface area contributed by atoms with Gasteiger partial charge >= 0.3 is 12.0 Å². The molecule has 15 heteroatoms. The Labute approximate surface area is 294 Å². The number of methoxy groups -OCH3 is 2. The van der Waals surface area contributed by atoms with Crippen molar-refractivity contribution >= 4 is 69.9 Å². The fourth-order valence-corrected chi connectivity index (χ4v) is 5.60. The molecule has 0 aliphatic carbocycles. The molecular weight excluding hydrogens is 766 g/mol. The van der Waals surface area contributed by atoms with Crippen LogP contribution in [-0.4, -0.2) is 51.6 Å². The largest absolute Gasteiger partial charge is 0.493 e. The fourth-order valence-electron chi connectivity index (χ4n) is 4.50. The minimum atomic E-state index is -0.784. The Morgan fingerprint density at radius 3 is 2.47 bits per heavy atom. The van der Waals surface area contributed by atoms with E-state index in [1.165, 1.54) is 20.4 Å². The van der Waals surface area contributed by atoms with Crippen LogP contribution in [0.2, 0.25) is 10.0 Å². The molecule has 0 unspecified atom stereocenters. The summed E-state index contributed by atoms with van der Waals surface area (Å²) >= 11 is 14.2. The molecule has 3 aromatic rings. The third-order valence-electron chi connectivity index (χ3n) is 6.67. The van der Waals surface area contributed by atoms with E-state index in [-0.39, 0.29) is 36.9 Å². The van der Waals surface area contributed by atoms with Gasteiger partial charge in [0.15, 0.2) is 29.6 Å². The first kappa shape index (κ1) is 35.6. The van der Waals surface area contributed by atoms with E-state index in [1.807, 2.05) is 12.1 Å². The highest BCUT2D eigenvalue weighted by molar-refractivity contribution is 14.1. The number of esters is 1. The Kier molecular flexibility index (Phi) is 12.6. The summed E-state index contributed by atoms with van der Waals surface area (Å²) in [5.74, 6) is 0.494. The molecule has 1 aliphatic rings. The van der Waals surface area contributed by atoms with Gasteiger partial charge in [-0.05, 0) is 89.5 Å². The monoisotopic (exact) mass is 796 g/mol. The van der Waals surface area contributed by atoms with Gasteiger partial charge in [-0.3, -0.25) is 4.79 Å². The molecule has 47 heavy (non-hydrogen) atoms. The summed E-state index contributed by atoms with van der Waals surface area (Å²) in [5.41, 5.74) is 5.11. The lowest BCUT2D eigenvalue weighted by molar-refractivity contribution is -0.139. The lowest BCUT2D eigenvalue weighted by Gasteiger charge is -2.28. The van der Waals surface area contributed by atoms with Crippen LogP contribution in [0.4, 0.5) is 4.79 Å². The second-order valence-corrected chi connectivity index (χ2v) is 11.8. The third-order valence-corrected chi connectivity index (χ3v) is 8.21. The molecule has 0 saturated carbocycles. The Balaban J connectivity index is 1.37. The van der Waals surface area contributed by atoms with Crippen molar-refractivity contribution in [3.8, 4) is 23.0 Å². The van der Waals surface area contributed by atoms with Crippen molar-refractivity contribution in [2.75, 3.05) is 27.4 Å². The number of allylic oxidation sites excluding steroid dienone is 1. The van der Waals surface area contributed by atoms with Gasteiger partial charge in [0.2, 0.25) is 0 Å². The molecule has 1 atom stereocenters. The molecule has 1 aliphatic heterocycles. The van der Waals surface area contributed by atoms with Crippen LogP contribution in [0.1, 0.15) is 36.6 Å². The fraction of sp³-hybridized carbons (Fsp3) is 0.250. The summed E-state index contributed by atoms with van der Waals surface area (Å²) in [4.78, 5) is 37.3. The van der Waals surface area contributed by atoms with Gasteiger partial charge < -0.3 is 34.3 Å². The SMILES string of the molecule is CCOC(=O)C1=C(C)NC(=O)N[C@H]1c1ccc(OCC(=O)N/N=C\c2cc(I)c(OCc3ccc(Cl)c(Cl)c3)c(OC)c2)c(OC)c1. The molecule has 3 aromatic carbocycles. The average molecular weight is 797 g/mol. The molecule has 12 nitrogen and oxygen atoms in total. The maximum atomic E-state index is 12.6. The van der Waals surface area contributed by atoms with Gasteiger partial charge in [0.25, 0.3) is 5.91 Å². The molecule has 0 spiro atoms. The number of halogens is 3. The highest BCUT2D eigenvalue weighted by Gasteiger charge is 2.32. The first-order valence-electron chi connectivity index (χ1n) is 14.1. The number of nitrogens with one attached hydrogen (secondary N) is 3. The molecule has 3 amide bonds.